The molecule has 5 heteroatoms. The predicted molar refractivity (Wildman–Crippen MR) is 60.1 cm³/mol. The second kappa shape index (κ2) is 4.12. The van der Waals surface area contributed by atoms with Gasteiger partial charge in [-0.15, -0.1) is 5.10 Å². The Bertz CT molecular complexity index is 481. The summed E-state index contributed by atoms with van der Waals surface area (Å²) in [6, 6.07) is 7.79. The van der Waals surface area contributed by atoms with E-state index in [-0.39, 0.29) is 6.61 Å². The van der Waals surface area contributed by atoms with E-state index < -0.39 is 0 Å². The molecule has 1 heterocycles. The van der Waals surface area contributed by atoms with Crippen LogP contribution in [0.3, 0.4) is 0 Å². The SMILES string of the molecule is Cn1nnc(CO)c1-c1ccccc1Br. The second-order valence-electron chi connectivity index (χ2n) is 3.15. The van der Waals surface area contributed by atoms with E-state index in [2.05, 4.69) is 26.2 Å². The molecule has 1 aromatic heterocycles. The van der Waals surface area contributed by atoms with Crippen molar-refractivity contribution in [1.29, 1.82) is 0 Å². The van der Waals surface area contributed by atoms with Gasteiger partial charge in [0.15, 0.2) is 0 Å². The Labute approximate surface area is 95.7 Å². The van der Waals surface area contributed by atoms with E-state index in [1.54, 1.807) is 11.7 Å². The van der Waals surface area contributed by atoms with E-state index in [4.69, 9.17) is 5.11 Å². The van der Waals surface area contributed by atoms with E-state index in [0.29, 0.717) is 5.69 Å². The molecule has 2 aromatic rings. The normalized spacial score (nSPS) is 10.6. The molecular weight excluding hydrogens is 258 g/mol. The zero-order valence-electron chi connectivity index (χ0n) is 8.18. The highest BCUT2D eigenvalue weighted by Gasteiger charge is 2.13. The van der Waals surface area contributed by atoms with E-state index in [9.17, 15) is 0 Å². The Morgan fingerprint density at radius 1 is 1.40 bits per heavy atom. The Morgan fingerprint density at radius 2 is 2.13 bits per heavy atom. The van der Waals surface area contributed by atoms with Crippen molar-refractivity contribution in [1.82, 2.24) is 15.0 Å². The molecule has 0 atom stereocenters. The van der Waals surface area contributed by atoms with E-state index >= 15 is 0 Å². The maximum atomic E-state index is 9.15. The summed E-state index contributed by atoms with van der Waals surface area (Å²) in [5.41, 5.74) is 2.41. The van der Waals surface area contributed by atoms with Gasteiger partial charge in [-0.2, -0.15) is 0 Å². The van der Waals surface area contributed by atoms with Gasteiger partial charge in [0.2, 0.25) is 0 Å². The number of aromatic nitrogens is 3. The lowest BCUT2D eigenvalue weighted by atomic mass is 10.1. The topological polar surface area (TPSA) is 50.9 Å². The number of benzene rings is 1. The molecule has 4 nitrogen and oxygen atoms in total. The fourth-order valence-electron chi connectivity index (χ4n) is 1.49. The van der Waals surface area contributed by atoms with Crippen LogP contribution >= 0.6 is 15.9 Å². The van der Waals surface area contributed by atoms with Gasteiger partial charge in [-0.05, 0) is 6.07 Å². The lowest BCUT2D eigenvalue weighted by molar-refractivity contribution is 0.277. The minimum Gasteiger partial charge on any atom is -0.390 e. The first-order valence-corrected chi connectivity index (χ1v) is 5.27. The van der Waals surface area contributed by atoms with Crippen LogP contribution < -0.4 is 0 Å². The summed E-state index contributed by atoms with van der Waals surface area (Å²) in [5, 5.41) is 16.9. The Kier molecular flexibility index (Phi) is 2.83. The minimum absolute atomic E-state index is 0.107. The maximum absolute atomic E-state index is 9.15. The van der Waals surface area contributed by atoms with Crippen LogP contribution in [0.25, 0.3) is 11.3 Å². The van der Waals surface area contributed by atoms with Crippen molar-refractivity contribution in [2.45, 2.75) is 6.61 Å². The minimum atomic E-state index is -0.107. The lowest BCUT2D eigenvalue weighted by Gasteiger charge is -2.05. The Balaban J connectivity index is 2.63. The molecule has 0 spiro atoms. The van der Waals surface area contributed by atoms with Crippen molar-refractivity contribution >= 4 is 15.9 Å². The van der Waals surface area contributed by atoms with Gasteiger partial charge >= 0.3 is 0 Å². The van der Waals surface area contributed by atoms with Crippen LogP contribution in [0.4, 0.5) is 0 Å². The molecule has 0 saturated carbocycles. The van der Waals surface area contributed by atoms with E-state index in [0.717, 1.165) is 15.7 Å². The molecule has 0 aliphatic heterocycles. The molecule has 15 heavy (non-hydrogen) atoms. The van der Waals surface area contributed by atoms with Gasteiger partial charge in [-0.1, -0.05) is 39.3 Å². The van der Waals surface area contributed by atoms with Crippen LogP contribution in [0, 0.1) is 0 Å². The van der Waals surface area contributed by atoms with Crippen LogP contribution in [0.2, 0.25) is 0 Å². The van der Waals surface area contributed by atoms with Gasteiger partial charge in [-0.3, -0.25) is 0 Å². The van der Waals surface area contributed by atoms with Gasteiger partial charge in [-0.25, -0.2) is 4.68 Å². The number of nitrogens with zero attached hydrogens (tertiary/aromatic N) is 3. The summed E-state index contributed by atoms with van der Waals surface area (Å²) in [6.45, 7) is -0.107. The fourth-order valence-corrected chi connectivity index (χ4v) is 1.96. The first-order valence-electron chi connectivity index (χ1n) is 4.48. The van der Waals surface area contributed by atoms with Crippen LogP contribution in [-0.4, -0.2) is 20.1 Å². The number of hydrogen-bond donors (Lipinski definition) is 1. The number of rotatable bonds is 2. The molecule has 1 aromatic carbocycles. The molecule has 0 amide bonds. The van der Waals surface area contributed by atoms with Gasteiger partial charge in [0.25, 0.3) is 0 Å². The molecule has 0 saturated heterocycles. The Morgan fingerprint density at radius 3 is 2.80 bits per heavy atom. The third kappa shape index (κ3) is 1.80. The summed E-state index contributed by atoms with van der Waals surface area (Å²) in [4.78, 5) is 0. The second-order valence-corrected chi connectivity index (χ2v) is 4.00. The van der Waals surface area contributed by atoms with Crippen molar-refractivity contribution in [2.75, 3.05) is 0 Å². The monoisotopic (exact) mass is 267 g/mol. The molecular formula is C10H10BrN3O. The number of aliphatic hydroxyl groups excluding tert-OH is 1. The summed E-state index contributed by atoms with van der Waals surface area (Å²) in [7, 11) is 1.81. The number of aryl methyl sites for hydroxylation is 1. The zero-order valence-corrected chi connectivity index (χ0v) is 9.77. The number of halogens is 1. The summed E-state index contributed by atoms with van der Waals surface area (Å²) < 4.78 is 2.62. The molecule has 1 N–H and O–H groups in total. The fraction of sp³-hybridized carbons (Fsp3) is 0.200. The van der Waals surface area contributed by atoms with Crippen LogP contribution in [0.15, 0.2) is 28.7 Å². The van der Waals surface area contributed by atoms with Gasteiger partial charge in [0.1, 0.15) is 5.69 Å². The first-order chi connectivity index (χ1) is 7.24. The molecule has 0 fully saturated rings. The highest BCUT2D eigenvalue weighted by molar-refractivity contribution is 9.10. The highest BCUT2D eigenvalue weighted by atomic mass is 79.9. The van der Waals surface area contributed by atoms with Crippen LogP contribution in [0.5, 0.6) is 0 Å². The summed E-state index contributed by atoms with van der Waals surface area (Å²) >= 11 is 3.46. The standard InChI is InChI=1S/C10H10BrN3O/c1-14-10(9(6-15)12-13-14)7-4-2-3-5-8(7)11/h2-5,15H,6H2,1H3. The van der Waals surface area contributed by atoms with Gasteiger partial charge < -0.3 is 5.11 Å². The molecule has 0 aliphatic carbocycles. The smallest absolute Gasteiger partial charge is 0.116 e. The quantitative estimate of drug-likeness (QED) is 0.902. The van der Waals surface area contributed by atoms with Crippen LogP contribution in [0.1, 0.15) is 5.69 Å². The van der Waals surface area contributed by atoms with Gasteiger partial charge in [0, 0.05) is 17.1 Å². The van der Waals surface area contributed by atoms with Crippen molar-refractivity contribution < 1.29 is 5.11 Å². The average molecular weight is 268 g/mol. The highest BCUT2D eigenvalue weighted by Crippen LogP contribution is 2.29. The first kappa shape index (κ1) is 10.3. The van der Waals surface area contributed by atoms with E-state index in [1.165, 1.54) is 0 Å². The molecule has 0 bridgehead atoms. The molecule has 0 radical (unpaired) electrons. The largest absolute Gasteiger partial charge is 0.390 e. The summed E-state index contributed by atoms with van der Waals surface area (Å²) in [6.07, 6.45) is 0. The van der Waals surface area contributed by atoms with Crippen LogP contribution in [-0.2, 0) is 13.7 Å². The third-order valence-electron chi connectivity index (χ3n) is 2.18. The molecule has 0 aliphatic rings. The zero-order chi connectivity index (χ0) is 10.8. The van der Waals surface area contributed by atoms with Gasteiger partial charge in [0.05, 0.1) is 12.3 Å². The maximum Gasteiger partial charge on any atom is 0.116 e. The Hall–Kier alpha value is -1.20. The van der Waals surface area contributed by atoms with Crippen molar-refractivity contribution in [2.24, 2.45) is 7.05 Å². The third-order valence-corrected chi connectivity index (χ3v) is 2.87. The average Bonchev–Trinajstić information content (AvgIpc) is 2.60. The van der Waals surface area contributed by atoms with Crippen molar-refractivity contribution in [3.8, 4) is 11.3 Å². The predicted octanol–water partition coefficient (Wildman–Crippen LogP) is 1.74. The summed E-state index contributed by atoms with van der Waals surface area (Å²) in [5.74, 6) is 0. The van der Waals surface area contributed by atoms with Crippen molar-refractivity contribution in [3.05, 3.63) is 34.4 Å². The number of aliphatic hydroxyl groups is 1. The number of hydrogen-bond acceptors (Lipinski definition) is 3. The van der Waals surface area contributed by atoms with E-state index in [1.807, 2.05) is 24.3 Å². The van der Waals surface area contributed by atoms with Crippen molar-refractivity contribution in [3.63, 3.8) is 0 Å². The molecule has 78 valence electrons. The lowest BCUT2D eigenvalue weighted by Crippen LogP contribution is -1.96. The molecule has 0 unspecified atom stereocenters. The molecule has 2 rings (SSSR count).